The molecule has 0 aliphatic rings. The van der Waals surface area contributed by atoms with Crippen LogP contribution in [0.5, 0.6) is 0 Å². The molecule has 3 aromatic heterocycles. The van der Waals surface area contributed by atoms with E-state index < -0.39 is 23.2 Å². The Labute approximate surface area is 145 Å². The van der Waals surface area contributed by atoms with Crippen molar-refractivity contribution in [1.29, 1.82) is 0 Å². The molecule has 0 bridgehead atoms. The van der Waals surface area contributed by atoms with Crippen molar-refractivity contribution >= 4 is 17.4 Å². The summed E-state index contributed by atoms with van der Waals surface area (Å²) in [5, 5.41) is 4.06. The molecule has 3 heterocycles. The highest BCUT2D eigenvalue weighted by Crippen LogP contribution is 2.33. The highest BCUT2D eigenvalue weighted by molar-refractivity contribution is 6.11. The SMILES string of the molecule is Cc1cc(N)n(-c2ccc(C(F)(F)F)c(C(=O)c3cccnc3N)n2)n1. The van der Waals surface area contributed by atoms with Gasteiger partial charge in [0.15, 0.2) is 5.82 Å². The van der Waals surface area contributed by atoms with Crippen LogP contribution in [-0.4, -0.2) is 25.5 Å². The van der Waals surface area contributed by atoms with E-state index in [0.29, 0.717) is 5.69 Å². The zero-order chi connectivity index (χ0) is 19.1. The number of aryl methyl sites for hydroxylation is 1. The molecule has 7 nitrogen and oxygen atoms in total. The molecular formula is C16H13F3N6O. The maximum absolute atomic E-state index is 13.4. The van der Waals surface area contributed by atoms with E-state index in [1.54, 1.807) is 6.92 Å². The molecule has 0 amide bonds. The van der Waals surface area contributed by atoms with Gasteiger partial charge in [0.2, 0.25) is 5.78 Å². The molecule has 3 aromatic rings. The number of nitrogens with zero attached hydrogens (tertiary/aromatic N) is 4. The van der Waals surface area contributed by atoms with Crippen LogP contribution < -0.4 is 11.5 Å². The zero-order valence-electron chi connectivity index (χ0n) is 13.4. The summed E-state index contributed by atoms with van der Waals surface area (Å²) < 4.78 is 41.2. The monoisotopic (exact) mass is 362 g/mol. The van der Waals surface area contributed by atoms with E-state index in [9.17, 15) is 18.0 Å². The summed E-state index contributed by atoms with van der Waals surface area (Å²) in [7, 11) is 0. The van der Waals surface area contributed by atoms with Crippen LogP contribution in [0.1, 0.15) is 27.3 Å². The molecule has 0 atom stereocenters. The van der Waals surface area contributed by atoms with Crippen LogP contribution in [0.15, 0.2) is 36.5 Å². The number of halogens is 3. The summed E-state index contributed by atoms with van der Waals surface area (Å²) in [5.41, 5.74) is 9.79. The number of hydrogen-bond donors (Lipinski definition) is 2. The maximum atomic E-state index is 13.4. The highest BCUT2D eigenvalue weighted by Gasteiger charge is 2.37. The Hall–Kier alpha value is -3.43. The Bertz CT molecular complexity index is 996. The van der Waals surface area contributed by atoms with Crippen molar-refractivity contribution in [2.24, 2.45) is 0 Å². The third-order valence-corrected chi connectivity index (χ3v) is 3.56. The number of anilines is 2. The summed E-state index contributed by atoms with van der Waals surface area (Å²) in [4.78, 5) is 20.3. The van der Waals surface area contributed by atoms with E-state index in [4.69, 9.17) is 11.5 Å². The van der Waals surface area contributed by atoms with Crippen molar-refractivity contribution in [2.75, 3.05) is 11.5 Å². The Morgan fingerprint density at radius 3 is 2.50 bits per heavy atom. The number of alkyl halides is 3. The summed E-state index contributed by atoms with van der Waals surface area (Å²) in [5.74, 6) is -1.03. The molecule has 0 aliphatic carbocycles. The topological polar surface area (TPSA) is 113 Å². The first-order chi connectivity index (χ1) is 12.2. The molecule has 0 unspecified atom stereocenters. The largest absolute Gasteiger partial charge is 0.418 e. The van der Waals surface area contributed by atoms with Gasteiger partial charge in [0.05, 0.1) is 16.8 Å². The van der Waals surface area contributed by atoms with Crippen molar-refractivity contribution in [1.82, 2.24) is 19.7 Å². The lowest BCUT2D eigenvalue weighted by Crippen LogP contribution is -2.19. The minimum Gasteiger partial charge on any atom is -0.384 e. The molecule has 10 heteroatoms. The first-order valence-electron chi connectivity index (χ1n) is 7.34. The smallest absolute Gasteiger partial charge is 0.384 e. The van der Waals surface area contributed by atoms with Crippen LogP contribution >= 0.6 is 0 Å². The van der Waals surface area contributed by atoms with Crippen LogP contribution in [0.4, 0.5) is 24.8 Å². The second-order valence-electron chi connectivity index (χ2n) is 5.45. The van der Waals surface area contributed by atoms with Gasteiger partial charge in [-0.05, 0) is 31.2 Å². The van der Waals surface area contributed by atoms with Gasteiger partial charge >= 0.3 is 6.18 Å². The lowest BCUT2D eigenvalue weighted by molar-refractivity contribution is -0.138. The van der Waals surface area contributed by atoms with E-state index in [-0.39, 0.29) is 23.0 Å². The van der Waals surface area contributed by atoms with Gasteiger partial charge in [-0.15, -0.1) is 0 Å². The van der Waals surface area contributed by atoms with Crippen molar-refractivity contribution in [3.05, 3.63) is 59.0 Å². The average Bonchev–Trinajstić information content (AvgIpc) is 2.91. The quantitative estimate of drug-likeness (QED) is 0.692. The number of nitrogen functional groups attached to an aromatic ring is 2. The van der Waals surface area contributed by atoms with Crippen molar-refractivity contribution in [3.63, 3.8) is 0 Å². The van der Waals surface area contributed by atoms with Crippen molar-refractivity contribution in [3.8, 4) is 5.82 Å². The molecule has 0 radical (unpaired) electrons. The van der Waals surface area contributed by atoms with Gasteiger partial charge in [0.25, 0.3) is 0 Å². The van der Waals surface area contributed by atoms with Crippen LogP contribution in [0.2, 0.25) is 0 Å². The second kappa shape index (κ2) is 6.14. The van der Waals surface area contributed by atoms with E-state index >= 15 is 0 Å². The van der Waals surface area contributed by atoms with E-state index in [0.717, 1.165) is 16.8 Å². The van der Waals surface area contributed by atoms with Crippen molar-refractivity contribution in [2.45, 2.75) is 13.1 Å². The predicted molar refractivity (Wildman–Crippen MR) is 87.6 cm³/mol. The van der Waals surface area contributed by atoms with Crippen LogP contribution in [-0.2, 0) is 6.18 Å². The predicted octanol–water partition coefficient (Wildman–Crippen LogP) is 2.38. The van der Waals surface area contributed by atoms with Gasteiger partial charge < -0.3 is 11.5 Å². The Morgan fingerprint density at radius 2 is 1.92 bits per heavy atom. The van der Waals surface area contributed by atoms with Crippen LogP contribution in [0.3, 0.4) is 0 Å². The Morgan fingerprint density at radius 1 is 1.19 bits per heavy atom. The number of aromatic nitrogens is 4. The summed E-state index contributed by atoms with van der Waals surface area (Å²) >= 11 is 0. The van der Waals surface area contributed by atoms with E-state index in [2.05, 4.69) is 15.1 Å². The maximum Gasteiger partial charge on any atom is 0.418 e. The van der Waals surface area contributed by atoms with Gasteiger partial charge in [-0.2, -0.15) is 23.0 Å². The molecule has 4 N–H and O–H groups in total. The molecule has 0 aliphatic heterocycles. The first kappa shape index (κ1) is 17.4. The van der Waals surface area contributed by atoms with Crippen molar-refractivity contribution < 1.29 is 18.0 Å². The number of ketones is 1. The number of rotatable bonds is 3. The van der Waals surface area contributed by atoms with Crippen LogP contribution in [0.25, 0.3) is 5.82 Å². The minimum atomic E-state index is -4.78. The molecule has 0 fully saturated rings. The molecule has 134 valence electrons. The zero-order valence-corrected chi connectivity index (χ0v) is 13.4. The van der Waals surface area contributed by atoms with E-state index in [1.165, 1.54) is 24.4 Å². The van der Waals surface area contributed by atoms with Crippen LogP contribution in [0, 0.1) is 6.92 Å². The molecule has 0 saturated carbocycles. The third-order valence-electron chi connectivity index (χ3n) is 3.56. The number of carbonyl (C=O) groups excluding carboxylic acids is 1. The number of hydrogen-bond acceptors (Lipinski definition) is 6. The lowest BCUT2D eigenvalue weighted by atomic mass is 10.0. The second-order valence-corrected chi connectivity index (χ2v) is 5.45. The molecule has 3 rings (SSSR count). The molecule has 26 heavy (non-hydrogen) atoms. The number of nitrogens with two attached hydrogens (primary N) is 2. The fourth-order valence-corrected chi connectivity index (χ4v) is 2.41. The van der Waals surface area contributed by atoms with E-state index in [1.807, 2.05) is 0 Å². The average molecular weight is 362 g/mol. The van der Waals surface area contributed by atoms with Gasteiger partial charge in [-0.1, -0.05) is 0 Å². The summed E-state index contributed by atoms with van der Waals surface area (Å²) in [6, 6.07) is 6.06. The normalized spacial score (nSPS) is 11.5. The summed E-state index contributed by atoms with van der Waals surface area (Å²) in [6.07, 6.45) is -3.45. The molecule has 0 spiro atoms. The van der Waals surface area contributed by atoms with Gasteiger partial charge in [0.1, 0.15) is 17.3 Å². The summed E-state index contributed by atoms with van der Waals surface area (Å²) in [6.45, 7) is 1.67. The van der Waals surface area contributed by atoms with Gasteiger partial charge in [-0.3, -0.25) is 4.79 Å². The molecular weight excluding hydrogens is 349 g/mol. The fraction of sp³-hybridized carbons (Fsp3) is 0.125. The standard InChI is InChI=1S/C16H13F3N6O/c1-8-7-11(20)25(24-8)12-5-4-10(16(17,18)19)13(23-12)14(26)9-3-2-6-22-15(9)21/h2-7H,20H2,1H3,(H2,21,22). The first-order valence-corrected chi connectivity index (χ1v) is 7.34. The molecule has 0 aromatic carbocycles. The van der Waals surface area contributed by atoms with Gasteiger partial charge in [0, 0.05) is 12.3 Å². The lowest BCUT2D eigenvalue weighted by Gasteiger charge is -2.13. The number of pyridine rings is 2. The number of carbonyl (C=O) groups is 1. The Kier molecular flexibility index (Phi) is 4.10. The minimum absolute atomic E-state index is 0.0191. The molecule has 0 saturated heterocycles. The van der Waals surface area contributed by atoms with Gasteiger partial charge in [-0.25, -0.2) is 9.97 Å². The highest BCUT2D eigenvalue weighted by atomic mass is 19.4. The third kappa shape index (κ3) is 3.08. The Balaban J connectivity index is 2.21. The fourth-order valence-electron chi connectivity index (χ4n) is 2.41.